The summed E-state index contributed by atoms with van der Waals surface area (Å²) in [5.41, 5.74) is 1.80. The van der Waals surface area contributed by atoms with Gasteiger partial charge in [-0.15, -0.1) is 0 Å². The van der Waals surface area contributed by atoms with Gasteiger partial charge in [0.2, 0.25) is 0 Å². The van der Waals surface area contributed by atoms with Crippen molar-refractivity contribution in [3.63, 3.8) is 0 Å². The van der Waals surface area contributed by atoms with Crippen molar-refractivity contribution in [2.75, 3.05) is 0 Å². The molecule has 0 aliphatic carbocycles. The third-order valence-corrected chi connectivity index (χ3v) is 8.54. The molecular formula is C40H76. The normalized spacial score (nSPS) is 12.4. The van der Waals surface area contributed by atoms with Crippen LogP contribution in [0.25, 0.3) is 0 Å². The van der Waals surface area contributed by atoms with E-state index < -0.39 is 0 Å². The molecule has 0 saturated carbocycles. The molecule has 0 aromatic rings. The van der Waals surface area contributed by atoms with E-state index in [1.807, 2.05) is 0 Å². The van der Waals surface area contributed by atoms with E-state index in [-0.39, 0.29) is 0 Å². The Labute approximate surface area is 255 Å². The molecule has 0 spiro atoms. The molecule has 0 fully saturated rings. The van der Waals surface area contributed by atoms with Gasteiger partial charge in [0.1, 0.15) is 0 Å². The highest BCUT2D eigenvalue weighted by atomic mass is 14.1. The lowest BCUT2D eigenvalue weighted by Gasteiger charge is -2.09. The highest BCUT2D eigenvalue weighted by Crippen LogP contribution is 2.20. The van der Waals surface area contributed by atoms with E-state index in [9.17, 15) is 0 Å². The summed E-state index contributed by atoms with van der Waals surface area (Å²) in [6.45, 7) is 6.89. The molecule has 0 rings (SSSR count). The maximum atomic E-state index is 2.65. The zero-order valence-corrected chi connectivity index (χ0v) is 28.3. The molecule has 0 saturated heterocycles. The Bertz CT molecular complexity index is 536. The Morgan fingerprint density at radius 3 is 1.15 bits per heavy atom. The van der Waals surface area contributed by atoms with Gasteiger partial charge in [-0.25, -0.2) is 0 Å². The fourth-order valence-corrected chi connectivity index (χ4v) is 5.73. The minimum Gasteiger partial charge on any atom is -0.0882 e. The van der Waals surface area contributed by atoms with E-state index in [0.717, 1.165) is 6.42 Å². The molecule has 0 aliphatic rings. The van der Waals surface area contributed by atoms with Crippen LogP contribution in [0.4, 0.5) is 0 Å². The van der Waals surface area contributed by atoms with Crippen LogP contribution in [0.5, 0.6) is 0 Å². The second-order valence-corrected chi connectivity index (χ2v) is 12.7. The monoisotopic (exact) mass is 557 g/mol. The lowest BCUT2D eigenvalue weighted by molar-refractivity contribution is 0.534. The molecule has 0 nitrogen and oxygen atoms in total. The largest absolute Gasteiger partial charge is 0.0882 e. The van der Waals surface area contributed by atoms with Crippen molar-refractivity contribution < 1.29 is 0 Å². The summed E-state index contributed by atoms with van der Waals surface area (Å²) in [4.78, 5) is 0. The van der Waals surface area contributed by atoms with Crippen molar-refractivity contribution in [2.24, 2.45) is 0 Å². The number of rotatable bonds is 33. The van der Waals surface area contributed by atoms with Crippen LogP contribution in [0.2, 0.25) is 0 Å². The van der Waals surface area contributed by atoms with Crippen molar-refractivity contribution in [1.29, 1.82) is 0 Å². The Hall–Kier alpha value is -0.780. The van der Waals surface area contributed by atoms with Gasteiger partial charge < -0.3 is 0 Å². The maximum Gasteiger partial charge on any atom is -0.0169 e. The van der Waals surface area contributed by atoms with Crippen molar-refractivity contribution >= 4 is 0 Å². The van der Waals surface area contributed by atoms with Gasteiger partial charge in [0.15, 0.2) is 0 Å². The summed E-state index contributed by atoms with van der Waals surface area (Å²) in [7, 11) is 0. The zero-order chi connectivity index (χ0) is 29.0. The summed E-state index contributed by atoms with van der Waals surface area (Å²) in [5.74, 6) is 0. The van der Waals surface area contributed by atoms with Crippen LogP contribution < -0.4 is 0 Å². The second-order valence-electron chi connectivity index (χ2n) is 12.7. The molecule has 0 N–H and O–H groups in total. The third kappa shape index (κ3) is 33.4. The predicted octanol–water partition coefficient (Wildman–Crippen LogP) is 15.2. The van der Waals surface area contributed by atoms with E-state index in [0.29, 0.717) is 0 Å². The lowest BCUT2D eigenvalue weighted by atomic mass is 9.97. The highest BCUT2D eigenvalue weighted by Gasteiger charge is 2.01. The van der Waals surface area contributed by atoms with Crippen molar-refractivity contribution in [1.82, 2.24) is 0 Å². The first-order chi connectivity index (χ1) is 19.8. The minimum absolute atomic E-state index is 1.12. The smallest absolute Gasteiger partial charge is 0.0169 e. The maximum absolute atomic E-state index is 2.65. The summed E-state index contributed by atoms with van der Waals surface area (Å²) in [6, 6.07) is 0. The first-order valence-electron chi connectivity index (χ1n) is 18.8. The van der Waals surface area contributed by atoms with Gasteiger partial charge in [0, 0.05) is 0 Å². The van der Waals surface area contributed by atoms with Crippen molar-refractivity contribution in [2.45, 2.75) is 220 Å². The highest BCUT2D eigenvalue weighted by molar-refractivity contribution is 5.02. The summed E-state index contributed by atoms with van der Waals surface area (Å²) in [5, 5.41) is 0. The predicted molar refractivity (Wildman–Crippen MR) is 187 cm³/mol. The van der Waals surface area contributed by atoms with Gasteiger partial charge in [-0.1, -0.05) is 192 Å². The van der Waals surface area contributed by atoms with E-state index in [1.165, 1.54) is 193 Å². The van der Waals surface area contributed by atoms with E-state index in [2.05, 4.69) is 51.2 Å². The van der Waals surface area contributed by atoms with Crippen LogP contribution in [0, 0.1) is 0 Å². The molecule has 0 amide bonds. The lowest BCUT2D eigenvalue weighted by Crippen LogP contribution is -1.89. The molecule has 0 unspecified atom stereocenters. The summed E-state index contributed by atoms with van der Waals surface area (Å²) in [6.07, 6.45) is 55.5. The first-order valence-corrected chi connectivity index (χ1v) is 18.8. The summed E-state index contributed by atoms with van der Waals surface area (Å²) < 4.78 is 0. The molecule has 0 heterocycles. The Morgan fingerprint density at radius 2 is 0.675 bits per heavy atom. The zero-order valence-electron chi connectivity index (χ0n) is 28.3. The molecular weight excluding hydrogens is 480 g/mol. The Morgan fingerprint density at radius 1 is 0.325 bits per heavy atom. The van der Waals surface area contributed by atoms with Crippen LogP contribution >= 0.6 is 0 Å². The molecule has 0 atom stereocenters. The quantitative estimate of drug-likeness (QED) is 0.0557. The van der Waals surface area contributed by atoms with E-state index in [4.69, 9.17) is 0 Å². The average molecular weight is 557 g/mol. The molecule has 236 valence electrons. The van der Waals surface area contributed by atoms with Crippen LogP contribution in [0.1, 0.15) is 220 Å². The topological polar surface area (TPSA) is 0 Å². The fourth-order valence-electron chi connectivity index (χ4n) is 5.73. The molecule has 0 aromatic heterocycles. The first kappa shape index (κ1) is 39.2. The molecule has 0 heteroatoms. The van der Waals surface area contributed by atoms with Crippen LogP contribution in [0.3, 0.4) is 0 Å². The number of hydrogen-bond acceptors (Lipinski definition) is 0. The van der Waals surface area contributed by atoms with Crippen LogP contribution in [-0.4, -0.2) is 0 Å². The van der Waals surface area contributed by atoms with Gasteiger partial charge in [0.05, 0.1) is 0 Å². The number of unbranched alkanes of at least 4 members (excludes halogenated alkanes) is 24. The SMILES string of the molecule is CCCC/C=C/C/C=C/CCCCCCC/C(=C/CCCCCC)CCCCCCCCCCCCCCCC. The summed E-state index contributed by atoms with van der Waals surface area (Å²) >= 11 is 0. The Balaban J connectivity index is 3.83. The molecule has 0 aliphatic heterocycles. The third-order valence-electron chi connectivity index (χ3n) is 8.54. The van der Waals surface area contributed by atoms with Gasteiger partial charge >= 0.3 is 0 Å². The van der Waals surface area contributed by atoms with Crippen LogP contribution in [0.15, 0.2) is 36.0 Å². The molecule has 0 aromatic carbocycles. The standard InChI is InChI=1S/C40H76/c1-4-7-10-13-15-17-19-21-23-25-27-29-32-35-38-40(37-34-31-12-9-6-3)39-36-33-30-28-26-24-22-20-18-16-14-11-8-5-2/h13,15,19,21,37H,4-12,14,16-18,20,22-36,38-39H2,1-3H3/b15-13+,21-19+,40-37-. The van der Waals surface area contributed by atoms with Gasteiger partial charge in [-0.3, -0.25) is 0 Å². The Kier molecular flexibility index (Phi) is 35.5. The van der Waals surface area contributed by atoms with E-state index >= 15 is 0 Å². The average Bonchev–Trinajstić information content (AvgIpc) is 2.96. The van der Waals surface area contributed by atoms with Gasteiger partial charge in [0.25, 0.3) is 0 Å². The van der Waals surface area contributed by atoms with Crippen molar-refractivity contribution in [3.05, 3.63) is 36.0 Å². The van der Waals surface area contributed by atoms with E-state index in [1.54, 1.807) is 5.57 Å². The molecule has 40 heavy (non-hydrogen) atoms. The molecule has 0 bridgehead atoms. The number of allylic oxidation sites excluding steroid dienone is 6. The van der Waals surface area contributed by atoms with Gasteiger partial charge in [-0.05, 0) is 64.2 Å². The number of hydrogen-bond donors (Lipinski definition) is 0. The minimum atomic E-state index is 1.12. The fraction of sp³-hybridized carbons (Fsp3) is 0.850. The second kappa shape index (κ2) is 36.2. The van der Waals surface area contributed by atoms with Crippen molar-refractivity contribution in [3.8, 4) is 0 Å². The van der Waals surface area contributed by atoms with Gasteiger partial charge in [-0.2, -0.15) is 0 Å². The molecule has 0 radical (unpaired) electrons. The van der Waals surface area contributed by atoms with Crippen LogP contribution in [-0.2, 0) is 0 Å².